The standard InChI is InChI=1S/C10H10F5N3O4/c11-9(12)5(20)4(2-19)22-7(9)18-1-3(10(13,14)15)6(16)17-8(18)21/h1,4-5,7,19-20H,2H2,(H2,16,17,21)/t4-,5?,7-/m1/s1. The molecular formula is C10H10F5N3O4. The molecule has 7 nitrogen and oxygen atoms in total. The van der Waals surface area contributed by atoms with Crippen LogP contribution in [0.1, 0.15) is 11.8 Å². The van der Waals surface area contributed by atoms with Crippen LogP contribution in [0.25, 0.3) is 0 Å². The van der Waals surface area contributed by atoms with Gasteiger partial charge in [-0.25, -0.2) is 4.79 Å². The summed E-state index contributed by atoms with van der Waals surface area (Å²) < 4.78 is 70.3. The molecule has 0 aliphatic carbocycles. The molecule has 0 radical (unpaired) electrons. The SMILES string of the molecule is Nc1nc(=O)n([C@@H]2O[C@H](CO)C(O)C2(F)F)cc1C(F)(F)F. The third kappa shape index (κ3) is 2.53. The Bertz CT molecular complexity index is 632. The van der Waals surface area contributed by atoms with Crippen molar-refractivity contribution in [1.29, 1.82) is 0 Å². The van der Waals surface area contributed by atoms with E-state index in [1.54, 1.807) is 0 Å². The quantitative estimate of drug-likeness (QED) is 0.644. The smallest absolute Gasteiger partial charge is 0.394 e. The van der Waals surface area contributed by atoms with Crippen molar-refractivity contribution in [3.8, 4) is 0 Å². The number of aromatic nitrogens is 2. The van der Waals surface area contributed by atoms with Crippen LogP contribution in [0.5, 0.6) is 0 Å². The molecule has 4 N–H and O–H groups in total. The molecule has 1 aliphatic heterocycles. The van der Waals surface area contributed by atoms with Crippen molar-refractivity contribution in [1.82, 2.24) is 9.55 Å². The Balaban J connectivity index is 2.56. The largest absolute Gasteiger partial charge is 0.421 e. The minimum atomic E-state index is -5.03. The van der Waals surface area contributed by atoms with Crippen molar-refractivity contribution in [2.24, 2.45) is 0 Å². The van der Waals surface area contributed by atoms with E-state index in [-0.39, 0.29) is 10.8 Å². The van der Waals surface area contributed by atoms with E-state index in [1.165, 1.54) is 0 Å². The molecule has 1 fully saturated rings. The molecule has 1 aromatic heterocycles. The molecule has 2 rings (SSSR count). The molecule has 0 bridgehead atoms. The van der Waals surface area contributed by atoms with Crippen LogP contribution >= 0.6 is 0 Å². The van der Waals surface area contributed by atoms with Gasteiger partial charge >= 0.3 is 17.8 Å². The molecule has 124 valence electrons. The molecule has 1 aliphatic rings. The first kappa shape index (κ1) is 16.6. The van der Waals surface area contributed by atoms with Crippen LogP contribution in [0, 0.1) is 0 Å². The summed E-state index contributed by atoms with van der Waals surface area (Å²) in [7, 11) is 0. The van der Waals surface area contributed by atoms with E-state index >= 15 is 0 Å². The molecule has 3 atom stereocenters. The Morgan fingerprint density at radius 2 is 2.05 bits per heavy atom. The summed E-state index contributed by atoms with van der Waals surface area (Å²) >= 11 is 0. The van der Waals surface area contributed by atoms with Gasteiger partial charge in [0.15, 0.2) is 6.10 Å². The maximum absolute atomic E-state index is 13.8. The van der Waals surface area contributed by atoms with E-state index in [2.05, 4.69) is 9.72 Å². The number of aliphatic hydroxyl groups is 2. The van der Waals surface area contributed by atoms with E-state index in [9.17, 15) is 31.9 Å². The molecule has 0 aromatic carbocycles. The van der Waals surface area contributed by atoms with E-state index in [0.29, 0.717) is 0 Å². The lowest BCUT2D eigenvalue weighted by Gasteiger charge is -2.22. The number of nitrogens with two attached hydrogens (primary N) is 1. The fourth-order valence-electron chi connectivity index (χ4n) is 1.99. The lowest BCUT2D eigenvalue weighted by molar-refractivity contribution is -0.147. The number of hydrogen-bond acceptors (Lipinski definition) is 6. The van der Waals surface area contributed by atoms with E-state index in [4.69, 9.17) is 10.8 Å². The number of nitrogens with zero attached hydrogens (tertiary/aromatic N) is 2. The van der Waals surface area contributed by atoms with Crippen LogP contribution in [0.15, 0.2) is 11.0 Å². The highest BCUT2D eigenvalue weighted by atomic mass is 19.4. The molecule has 0 spiro atoms. The molecule has 1 aromatic rings. The Morgan fingerprint density at radius 1 is 1.45 bits per heavy atom. The second kappa shape index (κ2) is 5.14. The number of nitrogen functional groups attached to an aromatic ring is 1. The normalized spacial score (nSPS) is 28.0. The highest BCUT2D eigenvalue weighted by Gasteiger charge is 2.59. The number of hydrogen-bond donors (Lipinski definition) is 3. The monoisotopic (exact) mass is 331 g/mol. The molecular weight excluding hydrogens is 321 g/mol. The average Bonchev–Trinajstić information content (AvgIpc) is 2.60. The number of halogens is 5. The average molecular weight is 331 g/mol. The first-order valence-corrected chi connectivity index (χ1v) is 5.78. The second-order valence-electron chi connectivity index (χ2n) is 4.56. The fourth-order valence-corrected chi connectivity index (χ4v) is 1.99. The summed E-state index contributed by atoms with van der Waals surface area (Å²) in [5, 5.41) is 18.1. The van der Waals surface area contributed by atoms with Crippen molar-refractivity contribution in [2.75, 3.05) is 12.3 Å². The van der Waals surface area contributed by atoms with Crippen molar-refractivity contribution in [3.05, 3.63) is 22.2 Å². The molecule has 1 unspecified atom stereocenters. The minimum absolute atomic E-state index is 0.0374. The highest BCUT2D eigenvalue weighted by molar-refractivity contribution is 5.39. The number of aliphatic hydroxyl groups excluding tert-OH is 2. The van der Waals surface area contributed by atoms with Crippen LogP contribution in [0.4, 0.5) is 27.8 Å². The molecule has 12 heteroatoms. The van der Waals surface area contributed by atoms with Crippen LogP contribution in [0.3, 0.4) is 0 Å². The topological polar surface area (TPSA) is 111 Å². The zero-order valence-electron chi connectivity index (χ0n) is 10.6. The lowest BCUT2D eigenvalue weighted by Crippen LogP contribution is -2.42. The maximum Gasteiger partial charge on any atom is 0.421 e. The third-order valence-corrected chi connectivity index (χ3v) is 3.10. The summed E-state index contributed by atoms with van der Waals surface area (Å²) in [5.41, 5.74) is 1.85. The lowest BCUT2D eigenvalue weighted by atomic mass is 10.1. The predicted octanol–water partition coefficient (Wildman–Crippen LogP) is -0.270. The zero-order valence-corrected chi connectivity index (χ0v) is 10.6. The van der Waals surface area contributed by atoms with Gasteiger partial charge in [0.1, 0.15) is 17.5 Å². The van der Waals surface area contributed by atoms with Gasteiger partial charge in [-0.1, -0.05) is 0 Å². The van der Waals surface area contributed by atoms with Crippen molar-refractivity contribution in [2.45, 2.75) is 30.5 Å². The first-order chi connectivity index (χ1) is 10.00. The summed E-state index contributed by atoms with van der Waals surface area (Å²) in [6, 6.07) is 0. The van der Waals surface area contributed by atoms with Crippen LogP contribution in [-0.2, 0) is 10.9 Å². The highest BCUT2D eigenvalue weighted by Crippen LogP contribution is 2.42. The molecule has 2 heterocycles. The van der Waals surface area contributed by atoms with Gasteiger partial charge in [-0.05, 0) is 0 Å². The van der Waals surface area contributed by atoms with Crippen LogP contribution in [-0.4, -0.2) is 44.5 Å². The van der Waals surface area contributed by atoms with E-state index < -0.39 is 54.2 Å². The van der Waals surface area contributed by atoms with Gasteiger partial charge in [0.25, 0.3) is 0 Å². The molecule has 0 saturated carbocycles. The van der Waals surface area contributed by atoms with E-state index in [1.807, 2.05) is 0 Å². The second-order valence-corrected chi connectivity index (χ2v) is 4.56. The predicted molar refractivity (Wildman–Crippen MR) is 59.9 cm³/mol. The van der Waals surface area contributed by atoms with E-state index in [0.717, 1.165) is 0 Å². The molecule has 1 saturated heterocycles. The third-order valence-electron chi connectivity index (χ3n) is 3.10. The van der Waals surface area contributed by atoms with Gasteiger partial charge in [0.05, 0.1) is 6.61 Å². The van der Waals surface area contributed by atoms with Gasteiger partial charge in [-0.15, -0.1) is 0 Å². The van der Waals surface area contributed by atoms with Gasteiger partial charge < -0.3 is 20.7 Å². The fraction of sp³-hybridized carbons (Fsp3) is 0.600. The van der Waals surface area contributed by atoms with Gasteiger partial charge in [-0.3, -0.25) is 4.57 Å². The van der Waals surface area contributed by atoms with Crippen LogP contribution < -0.4 is 11.4 Å². The minimum Gasteiger partial charge on any atom is -0.394 e. The van der Waals surface area contributed by atoms with Crippen molar-refractivity contribution in [3.63, 3.8) is 0 Å². The van der Waals surface area contributed by atoms with Crippen molar-refractivity contribution >= 4 is 5.82 Å². The Kier molecular flexibility index (Phi) is 3.87. The number of anilines is 1. The summed E-state index contributed by atoms with van der Waals surface area (Å²) in [5.74, 6) is -5.29. The summed E-state index contributed by atoms with van der Waals surface area (Å²) in [6.07, 6.45) is -11.8. The van der Waals surface area contributed by atoms with Crippen LogP contribution in [0.2, 0.25) is 0 Å². The van der Waals surface area contributed by atoms with Gasteiger partial charge in [0.2, 0.25) is 6.23 Å². The maximum atomic E-state index is 13.8. The zero-order chi connectivity index (χ0) is 16.9. The Hall–Kier alpha value is -1.79. The Morgan fingerprint density at radius 3 is 2.50 bits per heavy atom. The summed E-state index contributed by atoms with van der Waals surface area (Å²) in [4.78, 5) is 14.4. The Labute approximate surface area is 118 Å². The number of ether oxygens (including phenoxy) is 1. The van der Waals surface area contributed by atoms with Gasteiger partial charge in [0, 0.05) is 6.20 Å². The first-order valence-electron chi connectivity index (χ1n) is 5.78. The molecule has 0 amide bonds. The van der Waals surface area contributed by atoms with Gasteiger partial charge in [-0.2, -0.15) is 26.9 Å². The summed E-state index contributed by atoms with van der Waals surface area (Å²) in [6.45, 7) is -1.02. The number of alkyl halides is 5. The molecule has 22 heavy (non-hydrogen) atoms. The number of rotatable bonds is 2. The van der Waals surface area contributed by atoms with Crippen molar-refractivity contribution < 1.29 is 36.9 Å².